The van der Waals surface area contributed by atoms with Gasteiger partial charge in [0.05, 0.1) is 49.5 Å². The number of H-pyrrole nitrogens is 2. The highest BCUT2D eigenvalue weighted by Crippen LogP contribution is 2.35. The summed E-state index contributed by atoms with van der Waals surface area (Å²) in [6.07, 6.45) is -6.93. The maximum absolute atomic E-state index is 14.2. The van der Waals surface area contributed by atoms with Crippen LogP contribution in [0.2, 0.25) is 0 Å². The average molecular weight is 1270 g/mol. The third kappa shape index (κ3) is 13.3. The van der Waals surface area contributed by atoms with E-state index in [-0.39, 0.29) is 82.3 Å². The van der Waals surface area contributed by atoms with Gasteiger partial charge in [-0.1, -0.05) is 64.0 Å². The highest BCUT2D eigenvalue weighted by atomic mass is 19.4. The number of carbonyl (C=O) groups excluding carboxylic acids is 1. The van der Waals surface area contributed by atoms with Crippen molar-refractivity contribution in [1.82, 2.24) is 74.7 Å². The second-order valence-electron chi connectivity index (χ2n) is 19.1. The third-order valence-electron chi connectivity index (χ3n) is 13.2. The Hall–Kier alpha value is -11.9. The first-order chi connectivity index (χ1) is 43.6. The number of carbonyl (C=O) groups is 1. The van der Waals surface area contributed by atoms with E-state index in [2.05, 4.69) is 60.4 Å². The number of alkyl halides is 6. The van der Waals surface area contributed by atoms with Gasteiger partial charge in [-0.05, 0) is 36.4 Å². The molecule has 1 unspecified atom stereocenters. The molecular weight excluding hydrogens is 1230 g/mol. The highest BCUT2D eigenvalue weighted by molar-refractivity contribution is 5.92. The summed E-state index contributed by atoms with van der Waals surface area (Å²) < 4.78 is 170. The molecule has 1 amide bonds. The Morgan fingerprint density at radius 2 is 1.07 bits per heavy atom. The van der Waals surface area contributed by atoms with E-state index in [1.54, 1.807) is 48.5 Å². The largest absolute Gasteiger partial charge is 0.434 e. The minimum atomic E-state index is -5.21. The van der Waals surface area contributed by atoms with Gasteiger partial charge < -0.3 is 34.0 Å². The monoisotopic (exact) mass is 1270 g/mol. The summed E-state index contributed by atoms with van der Waals surface area (Å²) in [6.45, 7) is -0.839. The Morgan fingerprint density at radius 1 is 0.560 bits per heavy atom. The number of aromatic nitrogens is 15. The quantitative estimate of drug-likeness (QED) is 0.0714. The molecule has 1 saturated heterocycles. The van der Waals surface area contributed by atoms with Gasteiger partial charge in [0.2, 0.25) is 12.1 Å². The van der Waals surface area contributed by atoms with Crippen molar-refractivity contribution in [2.24, 2.45) is 0 Å². The van der Waals surface area contributed by atoms with E-state index in [1.807, 2.05) is 4.98 Å². The standard InChI is InChI=1S/C21H15F4N7O3.C18H10F5N5O2.C17H11F2N5O2/c22-12-4-2-1-3-11(12)9-32-15(13-5-6-34-30-13)7-14(29-32)19-27-8-16(18(26)28-19)31-10-17(21(23,24)25)35-20(31)33;19-10-4-2-1-3-9(10)8-28-13(11-5-6-30-27-11)7-12(26-28)16-24-15(20)14(17(29)25-16)18(21,22)23;18-11-3-1-2-10(16(11)19)9-24-14(12-5-7-26-23-12)8-13(22-24)17-20-6-4-15(25)21-17/h1-8,17H,9-10H2,(H2,26,27,28);1-7H,8H2,(H,24,25,29);1-8H,9H2,(H,20,21,25). The summed E-state index contributed by atoms with van der Waals surface area (Å²) >= 11 is 0. The smallest absolute Gasteiger partial charge is 0.427 e. The Labute approximate surface area is 499 Å². The predicted molar refractivity (Wildman–Crippen MR) is 291 cm³/mol. The number of aromatic amines is 2. The molecule has 1 atom stereocenters. The molecule has 91 heavy (non-hydrogen) atoms. The molecule has 0 saturated carbocycles. The van der Waals surface area contributed by atoms with E-state index < -0.39 is 77.3 Å². The molecule has 1 aliphatic rings. The summed E-state index contributed by atoms with van der Waals surface area (Å²) in [6, 6.07) is 26.5. The van der Waals surface area contributed by atoms with E-state index in [4.69, 9.17) is 19.3 Å². The predicted octanol–water partition coefficient (Wildman–Crippen LogP) is 9.90. The molecule has 12 aromatic rings. The number of rotatable bonds is 13. The van der Waals surface area contributed by atoms with Gasteiger partial charge in [0.1, 0.15) is 70.3 Å². The number of hydrogen-bond donors (Lipinski definition) is 3. The Balaban J connectivity index is 0.000000142. The van der Waals surface area contributed by atoms with Crippen LogP contribution in [0.15, 0.2) is 164 Å². The number of nitrogen functional groups attached to an aromatic ring is 1. The van der Waals surface area contributed by atoms with Gasteiger partial charge in [-0.25, -0.2) is 37.3 Å². The van der Waals surface area contributed by atoms with Crippen LogP contribution in [-0.2, 0) is 30.5 Å². The Bertz CT molecular complexity index is 4700. The number of nitrogens with two attached hydrogens (primary N) is 1. The van der Waals surface area contributed by atoms with Crippen LogP contribution in [0.5, 0.6) is 0 Å². The van der Waals surface area contributed by atoms with Crippen molar-refractivity contribution < 1.29 is 71.4 Å². The first-order valence-electron chi connectivity index (χ1n) is 26.0. The number of hydrogen-bond acceptors (Lipinski definition) is 18. The molecule has 0 aliphatic carbocycles. The molecule has 3 aromatic carbocycles. The maximum Gasteiger partial charge on any atom is 0.427 e. The van der Waals surface area contributed by atoms with Crippen LogP contribution in [0.3, 0.4) is 0 Å². The Kier molecular flexibility index (Phi) is 16.7. The zero-order valence-corrected chi connectivity index (χ0v) is 45.5. The van der Waals surface area contributed by atoms with E-state index in [1.165, 1.54) is 93.6 Å². The fourth-order valence-corrected chi connectivity index (χ4v) is 8.88. The lowest BCUT2D eigenvalue weighted by Crippen LogP contribution is -2.33. The first-order valence-corrected chi connectivity index (χ1v) is 26.0. The van der Waals surface area contributed by atoms with Crippen LogP contribution < -0.4 is 21.8 Å². The minimum Gasteiger partial charge on any atom is -0.434 e. The molecule has 4 N–H and O–H groups in total. The van der Waals surface area contributed by atoms with Crippen LogP contribution in [0, 0.1) is 29.2 Å². The molecule has 24 nitrogen and oxygen atoms in total. The van der Waals surface area contributed by atoms with E-state index >= 15 is 0 Å². The van der Waals surface area contributed by atoms with E-state index in [0.29, 0.717) is 34.0 Å². The van der Waals surface area contributed by atoms with Crippen LogP contribution in [0.4, 0.5) is 64.6 Å². The van der Waals surface area contributed by atoms with Crippen molar-refractivity contribution in [3.05, 3.63) is 213 Å². The lowest BCUT2D eigenvalue weighted by Gasteiger charge is -2.15. The van der Waals surface area contributed by atoms with Gasteiger partial charge in [-0.2, -0.15) is 51.0 Å². The summed E-state index contributed by atoms with van der Waals surface area (Å²) in [5.74, 6) is -5.28. The molecule has 9 aromatic heterocycles. The first kappa shape index (κ1) is 60.7. The SMILES string of the molecule is Nc1nc(-c2cc(-c3ccon3)n(Cc3ccccc3F)n2)ncc1N1CC(C(F)(F)F)OC1=O.O=c1[nH]c(-c2cc(-c3ccon3)n(Cc3ccccc3F)n2)nc(F)c1C(F)(F)F.O=c1ccnc(-c2cc(-c3ccon3)n(Cc3cccc(F)c3F)n2)[nH]1. The summed E-state index contributed by atoms with van der Waals surface area (Å²) in [5, 5.41) is 24.4. The number of benzene rings is 3. The molecule has 1 aliphatic heterocycles. The third-order valence-corrected chi connectivity index (χ3v) is 13.2. The van der Waals surface area contributed by atoms with Crippen molar-refractivity contribution in [2.75, 3.05) is 17.2 Å². The molecule has 0 radical (unpaired) electrons. The summed E-state index contributed by atoms with van der Waals surface area (Å²) in [4.78, 5) is 55.9. The van der Waals surface area contributed by atoms with Crippen molar-refractivity contribution in [2.45, 2.75) is 38.1 Å². The summed E-state index contributed by atoms with van der Waals surface area (Å²) in [5.41, 5.74) is 5.36. The molecule has 0 spiro atoms. The number of nitrogens with one attached hydrogen (secondary N) is 2. The van der Waals surface area contributed by atoms with Crippen LogP contribution in [0.1, 0.15) is 22.3 Å². The number of cyclic esters (lactones) is 1. The minimum absolute atomic E-state index is 0.0308. The van der Waals surface area contributed by atoms with E-state index in [0.717, 1.165) is 17.2 Å². The molecule has 13 rings (SSSR count). The van der Waals surface area contributed by atoms with Gasteiger partial charge in [0, 0.05) is 47.2 Å². The molecule has 0 bridgehead atoms. The van der Waals surface area contributed by atoms with Crippen molar-refractivity contribution in [3.63, 3.8) is 0 Å². The van der Waals surface area contributed by atoms with Gasteiger partial charge in [-0.3, -0.25) is 28.5 Å². The van der Waals surface area contributed by atoms with Crippen LogP contribution >= 0.6 is 0 Å². The van der Waals surface area contributed by atoms with Gasteiger partial charge >= 0.3 is 18.4 Å². The fraction of sp³-hybridized carbons (Fsp3) is 0.125. The molecule has 1 fully saturated rings. The Morgan fingerprint density at radius 3 is 1.55 bits per heavy atom. The zero-order chi connectivity index (χ0) is 64.3. The number of halogens is 11. The van der Waals surface area contributed by atoms with Crippen LogP contribution in [-0.4, -0.2) is 99.6 Å². The molecule has 10 heterocycles. The molecule has 464 valence electrons. The normalized spacial score (nSPS) is 13.2. The van der Waals surface area contributed by atoms with Gasteiger partial charge in [0.15, 0.2) is 40.5 Å². The number of anilines is 2. The second-order valence-corrected chi connectivity index (χ2v) is 19.1. The van der Waals surface area contributed by atoms with E-state index in [9.17, 15) is 62.7 Å². The van der Waals surface area contributed by atoms with Crippen molar-refractivity contribution in [3.8, 4) is 68.7 Å². The lowest BCUT2D eigenvalue weighted by atomic mass is 10.2. The number of nitrogens with zero attached hydrogens (tertiary/aromatic N) is 14. The van der Waals surface area contributed by atoms with Gasteiger partial charge in [-0.15, -0.1) is 0 Å². The van der Waals surface area contributed by atoms with Crippen LogP contribution in [0.25, 0.3) is 68.7 Å². The van der Waals surface area contributed by atoms with Gasteiger partial charge in [0.25, 0.3) is 11.1 Å². The zero-order valence-electron chi connectivity index (χ0n) is 45.5. The lowest BCUT2D eigenvalue weighted by molar-refractivity contribution is -0.191. The number of amides is 1. The van der Waals surface area contributed by atoms with Crippen molar-refractivity contribution >= 4 is 17.6 Å². The maximum atomic E-state index is 14.2. The highest BCUT2D eigenvalue weighted by Gasteiger charge is 2.50. The number of ether oxygens (including phenoxy) is 1. The molecule has 35 heteroatoms. The summed E-state index contributed by atoms with van der Waals surface area (Å²) in [7, 11) is 0. The topological polar surface area (TPSA) is 304 Å². The van der Waals surface area contributed by atoms with Crippen molar-refractivity contribution in [1.29, 1.82) is 0 Å². The average Bonchev–Trinajstić information content (AvgIpc) is 1.97. The second kappa shape index (κ2) is 25.0. The molecular formula is C56H36F11N17O7. The fourth-order valence-electron chi connectivity index (χ4n) is 8.88.